The van der Waals surface area contributed by atoms with Crippen molar-refractivity contribution in [2.45, 2.75) is 19.8 Å². The molecule has 0 atom stereocenters. The normalized spacial score (nSPS) is 6.75. The zero-order valence-electron chi connectivity index (χ0n) is 4.53. The Hall–Kier alpha value is 1.96. The van der Waals surface area contributed by atoms with E-state index < -0.39 is 0 Å². The van der Waals surface area contributed by atoms with Gasteiger partial charge in [0.05, 0.1) is 0 Å². The van der Waals surface area contributed by atoms with Gasteiger partial charge in [0.2, 0.25) is 0 Å². The molecule has 42 valence electrons. The second-order valence-corrected chi connectivity index (χ2v) is 1.35. The maximum absolute atomic E-state index is 4.78. The first-order chi connectivity index (χ1) is 2.91. The van der Waals surface area contributed by atoms with Gasteiger partial charge in [0.1, 0.15) is 0 Å². The third kappa shape index (κ3) is 15.7. The van der Waals surface area contributed by atoms with Crippen LogP contribution in [0.3, 0.4) is 0 Å². The molecule has 0 aliphatic heterocycles. The summed E-state index contributed by atoms with van der Waals surface area (Å²) in [6.07, 6.45) is 2.42. The molecule has 0 rings (SSSR count). The van der Waals surface area contributed by atoms with Gasteiger partial charge in [-0.05, 0) is 6.42 Å². The van der Waals surface area contributed by atoms with Gasteiger partial charge >= 0.3 is 59.1 Å². The molecule has 3 heteroatoms. The Morgan fingerprint density at radius 2 is 1.75 bits per heavy atom. The quantitative estimate of drug-likeness (QED) is 0.396. The summed E-state index contributed by atoms with van der Waals surface area (Å²) >= 11 is 0. The molecule has 0 heterocycles. The SMILES string of the molecule is CCCCOC.[NaH].[NaH]. The van der Waals surface area contributed by atoms with E-state index in [1.807, 2.05) is 0 Å². The van der Waals surface area contributed by atoms with Gasteiger partial charge in [0.15, 0.2) is 0 Å². The maximum atomic E-state index is 4.78. The van der Waals surface area contributed by atoms with Crippen LogP contribution in [0.25, 0.3) is 0 Å². The van der Waals surface area contributed by atoms with Gasteiger partial charge in [0.25, 0.3) is 0 Å². The van der Waals surface area contributed by atoms with Crippen LogP contribution in [0.2, 0.25) is 0 Å². The zero-order chi connectivity index (χ0) is 4.83. The molecular formula is C5H14Na2O. The fourth-order valence-electron chi connectivity index (χ4n) is 0.289. The zero-order valence-corrected chi connectivity index (χ0v) is 4.53. The van der Waals surface area contributed by atoms with Gasteiger partial charge in [0, 0.05) is 13.7 Å². The Morgan fingerprint density at radius 1 is 1.25 bits per heavy atom. The van der Waals surface area contributed by atoms with Crippen molar-refractivity contribution in [1.82, 2.24) is 0 Å². The molecule has 0 radical (unpaired) electrons. The van der Waals surface area contributed by atoms with Crippen molar-refractivity contribution in [3.8, 4) is 0 Å². The molecule has 0 aromatic rings. The van der Waals surface area contributed by atoms with Crippen molar-refractivity contribution in [3.63, 3.8) is 0 Å². The fourth-order valence-corrected chi connectivity index (χ4v) is 0.289. The van der Waals surface area contributed by atoms with E-state index in [2.05, 4.69) is 6.92 Å². The van der Waals surface area contributed by atoms with E-state index in [1.54, 1.807) is 7.11 Å². The molecule has 0 bridgehead atoms. The molecule has 8 heavy (non-hydrogen) atoms. The van der Waals surface area contributed by atoms with Crippen LogP contribution < -0.4 is 0 Å². The molecule has 0 saturated carbocycles. The van der Waals surface area contributed by atoms with Gasteiger partial charge in [-0.15, -0.1) is 0 Å². The van der Waals surface area contributed by atoms with Crippen LogP contribution in [-0.2, 0) is 4.74 Å². The first-order valence-electron chi connectivity index (χ1n) is 2.40. The van der Waals surface area contributed by atoms with E-state index in [0.717, 1.165) is 6.61 Å². The molecule has 0 aromatic heterocycles. The first-order valence-corrected chi connectivity index (χ1v) is 2.40. The Morgan fingerprint density at radius 3 is 1.88 bits per heavy atom. The molecule has 1 nitrogen and oxygen atoms in total. The van der Waals surface area contributed by atoms with Crippen molar-refractivity contribution in [2.24, 2.45) is 0 Å². The van der Waals surface area contributed by atoms with E-state index in [9.17, 15) is 0 Å². The minimum atomic E-state index is 0. The molecule has 0 saturated heterocycles. The van der Waals surface area contributed by atoms with E-state index in [4.69, 9.17) is 4.74 Å². The minimum absolute atomic E-state index is 0. The summed E-state index contributed by atoms with van der Waals surface area (Å²) in [6, 6.07) is 0. The Balaban J connectivity index is -0.000000125. The predicted molar refractivity (Wildman–Crippen MR) is 41.1 cm³/mol. The third-order valence-corrected chi connectivity index (χ3v) is 0.702. The molecular weight excluding hydrogens is 122 g/mol. The monoisotopic (exact) mass is 136 g/mol. The number of unbranched alkanes of at least 4 members (excludes halogenated alkanes) is 1. The molecule has 0 fully saturated rings. The molecule has 0 amide bonds. The van der Waals surface area contributed by atoms with Gasteiger partial charge < -0.3 is 4.74 Å². The van der Waals surface area contributed by atoms with Crippen molar-refractivity contribution in [1.29, 1.82) is 0 Å². The van der Waals surface area contributed by atoms with E-state index in [0.29, 0.717) is 0 Å². The topological polar surface area (TPSA) is 9.23 Å². The van der Waals surface area contributed by atoms with Crippen LogP contribution in [0, 0.1) is 0 Å². The Kier molecular flexibility index (Phi) is 33.0. The van der Waals surface area contributed by atoms with Gasteiger partial charge in [-0.3, -0.25) is 0 Å². The average molecular weight is 136 g/mol. The van der Waals surface area contributed by atoms with Crippen LogP contribution >= 0.6 is 0 Å². The Bertz CT molecular complexity index is 22.4. The van der Waals surface area contributed by atoms with Gasteiger partial charge in [-0.25, -0.2) is 0 Å². The van der Waals surface area contributed by atoms with Crippen LogP contribution in [0.5, 0.6) is 0 Å². The summed E-state index contributed by atoms with van der Waals surface area (Å²) < 4.78 is 4.78. The number of hydrogen-bond acceptors (Lipinski definition) is 1. The van der Waals surface area contributed by atoms with Crippen molar-refractivity contribution >= 4 is 59.1 Å². The van der Waals surface area contributed by atoms with E-state index >= 15 is 0 Å². The van der Waals surface area contributed by atoms with Crippen molar-refractivity contribution in [2.75, 3.05) is 13.7 Å². The van der Waals surface area contributed by atoms with E-state index in [1.165, 1.54) is 12.8 Å². The average Bonchev–Trinajstić information content (AvgIpc) is 1.61. The molecule has 0 spiro atoms. The predicted octanol–water partition coefficient (Wildman–Crippen LogP) is 0.136. The van der Waals surface area contributed by atoms with Crippen molar-refractivity contribution in [3.05, 3.63) is 0 Å². The summed E-state index contributed by atoms with van der Waals surface area (Å²) in [5, 5.41) is 0. The number of rotatable bonds is 3. The molecule has 0 aliphatic carbocycles. The van der Waals surface area contributed by atoms with Gasteiger partial charge in [-0.2, -0.15) is 0 Å². The first kappa shape index (κ1) is 16.5. The molecule has 0 unspecified atom stereocenters. The third-order valence-electron chi connectivity index (χ3n) is 0.702. The second kappa shape index (κ2) is 16.0. The molecule has 0 aromatic carbocycles. The molecule has 0 N–H and O–H groups in total. The van der Waals surface area contributed by atoms with Crippen molar-refractivity contribution < 1.29 is 4.74 Å². The second-order valence-electron chi connectivity index (χ2n) is 1.35. The number of methoxy groups -OCH3 is 1. The summed E-state index contributed by atoms with van der Waals surface area (Å²) in [5.41, 5.74) is 0. The van der Waals surface area contributed by atoms with Crippen LogP contribution in [0.15, 0.2) is 0 Å². The van der Waals surface area contributed by atoms with Crippen LogP contribution in [-0.4, -0.2) is 72.8 Å². The number of ether oxygens (including phenoxy) is 1. The standard InChI is InChI=1S/C5H12O.2Na.2H/c1-3-4-5-6-2;;;;/h3-5H2,1-2H3;;;;. The summed E-state index contributed by atoms with van der Waals surface area (Å²) in [4.78, 5) is 0. The molecule has 0 aliphatic rings. The fraction of sp³-hybridized carbons (Fsp3) is 1.00. The van der Waals surface area contributed by atoms with Crippen LogP contribution in [0.1, 0.15) is 19.8 Å². The number of hydrogen-bond donors (Lipinski definition) is 0. The summed E-state index contributed by atoms with van der Waals surface area (Å²) in [5.74, 6) is 0. The van der Waals surface area contributed by atoms with Crippen LogP contribution in [0.4, 0.5) is 0 Å². The summed E-state index contributed by atoms with van der Waals surface area (Å²) in [6.45, 7) is 3.07. The Labute approximate surface area is 96.1 Å². The van der Waals surface area contributed by atoms with E-state index in [-0.39, 0.29) is 59.1 Å². The summed E-state index contributed by atoms with van der Waals surface area (Å²) in [7, 11) is 1.73. The van der Waals surface area contributed by atoms with Gasteiger partial charge in [-0.1, -0.05) is 13.3 Å².